The third kappa shape index (κ3) is 3.53. The van der Waals surface area contributed by atoms with E-state index in [4.69, 9.17) is 0 Å². The highest BCUT2D eigenvalue weighted by Gasteiger charge is 2.42. The van der Waals surface area contributed by atoms with E-state index in [2.05, 4.69) is 10.1 Å². The first-order valence-corrected chi connectivity index (χ1v) is 5.48. The summed E-state index contributed by atoms with van der Waals surface area (Å²) >= 11 is 0. The Kier molecular flexibility index (Phi) is 5.97. The van der Waals surface area contributed by atoms with E-state index < -0.39 is 5.54 Å². The van der Waals surface area contributed by atoms with Crippen molar-refractivity contribution in [2.24, 2.45) is 0 Å². The Hall–Kier alpha value is -1.06. The first kappa shape index (κ1) is 13.9. The zero-order valence-electron chi connectivity index (χ0n) is 10.1. The van der Waals surface area contributed by atoms with Crippen molar-refractivity contribution in [2.75, 3.05) is 7.11 Å². The molecule has 4 heteroatoms. The number of rotatable bonds is 2. The standard InChI is InChI=1S/C9H15NO3.C2H6/c1-7(11)10-9(8(12)13-2)5-3-4-6-9;1-2/h3-6H2,1-2H3,(H,10,11);1-2H3. The number of carbonyl (C=O) groups excluding carboxylic acids is 2. The van der Waals surface area contributed by atoms with Gasteiger partial charge in [-0.2, -0.15) is 0 Å². The predicted octanol–water partition coefficient (Wildman–Crippen LogP) is 1.63. The average Bonchev–Trinajstić information content (AvgIpc) is 2.68. The molecule has 1 fully saturated rings. The normalized spacial score (nSPS) is 17.3. The summed E-state index contributed by atoms with van der Waals surface area (Å²) < 4.78 is 4.68. The van der Waals surface area contributed by atoms with E-state index in [0.717, 1.165) is 12.8 Å². The number of amides is 1. The van der Waals surface area contributed by atoms with Crippen molar-refractivity contribution in [2.45, 2.75) is 52.0 Å². The van der Waals surface area contributed by atoms with Crippen LogP contribution in [0.4, 0.5) is 0 Å². The van der Waals surface area contributed by atoms with E-state index in [-0.39, 0.29) is 11.9 Å². The van der Waals surface area contributed by atoms with E-state index in [1.807, 2.05) is 13.8 Å². The van der Waals surface area contributed by atoms with Gasteiger partial charge in [0.1, 0.15) is 5.54 Å². The topological polar surface area (TPSA) is 55.4 Å². The summed E-state index contributed by atoms with van der Waals surface area (Å²) in [4.78, 5) is 22.3. The molecular formula is C11H21NO3. The van der Waals surface area contributed by atoms with Crippen LogP contribution in [0.3, 0.4) is 0 Å². The zero-order valence-corrected chi connectivity index (χ0v) is 10.1. The highest BCUT2D eigenvalue weighted by molar-refractivity contribution is 5.87. The number of carbonyl (C=O) groups is 2. The van der Waals surface area contributed by atoms with Gasteiger partial charge in [0, 0.05) is 6.92 Å². The number of hydrogen-bond acceptors (Lipinski definition) is 3. The second kappa shape index (κ2) is 6.43. The minimum Gasteiger partial charge on any atom is -0.467 e. The van der Waals surface area contributed by atoms with Crippen molar-refractivity contribution in [3.8, 4) is 0 Å². The van der Waals surface area contributed by atoms with Crippen LogP contribution in [0.25, 0.3) is 0 Å². The molecule has 0 atom stereocenters. The fourth-order valence-electron chi connectivity index (χ4n) is 1.89. The molecule has 88 valence electrons. The molecule has 0 saturated heterocycles. The molecule has 0 aromatic heterocycles. The van der Waals surface area contributed by atoms with Crippen LogP contribution in [-0.4, -0.2) is 24.5 Å². The molecule has 1 amide bonds. The van der Waals surface area contributed by atoms with E-state index in [9.17, 15) is 9.59 Å². The Labute approximate surface area is 91.4 Å². The molecule has 1 aliphatic carbocycles. The van der Waals surface area contributed by atoms with E-state index >= 15 is 0 Å². The van der Waals surface area contributed by atoms with Gasteiger partial charge < -0.3 is 10.1 Å². The third-order valence-electron chi connectivity index (χ3n) is 2.45. The second-order valence-corrected chi connectivity index (χ2v) is 3.46. The van der Waals surface area contributed by atoms with Gasteiger partial charge in [0.25, 0.3) is 0 Å². The molecular weight excluding hydrogens is 194 g/mol. The van der Waals surface area contributed by atoms with Crippen LogP contribution in [0, 0.1) is 0 Å². The van der Waals surface area contributed by atoms with Gasteiger partial charge in [-0.1, -0.05) is 26.7 Å². The number of hydrogen-bond donors (Lipinski definition) is 1. The number of methoxy groups -OCH3 is 1. The molecule has 0 bridgehead atoms. The maximum absolute atomic E-state index is 11.4. The van der Waals surface area contributed by atoms with E-state index in [1.54, 1.807) is 0 Å². The van der Waals surface area contributed by atoms with Crippen LogP contribution >= 0.6 is 0 Å². The van der Waals surface area contributed by atoms with Crippen LogP contribution in [0.2, 0.25) is 0 Å². The summed E-state index contributed by atoms with van der Waals surface area (Å²) in [7, 11) is 1.35. The van der Waals surface area contributed by atoms with Crippen molar-refractivity contribution in [1.82, 2.24) is 5.32 Å². The quantitative estimate of drug-likeness (QED) is 0.712. The Balaban J connectivity index is 0.000000921. The fourth-order valence-corrected chi connectivity index (χ4v) is 1.89. The number of esters is 1. The zero-order chi connectivity index (χ0) is 11.9. The van der Waals surface area contributed by atoms with Crippen LogP contribution in [0.5, 0.6) is 0 Å². The summed E-state index contributed by atoms with van der Waals surface area (Å²) in [5.41, 5.74) is -0.736. The minimum atomic E-state index is -0.736. The Bertz CT molecular complexity index is 220. The van der Waals surface area contributed by atoms with Gasteiger partial charge in [0.2, 0.25) is 5.91 Å². The molecule has 0 aliphatic heterocycles. The first-order valence-electron chi connectivity index (χ1n) is 5.48. The van der Waals surface area contributed by atoms with Gasteiger partial charge in [-0.25, -0.2) is 4.79 Å². The lowest BCUT2D eigenvalue weighted by molar-refractivity contribution is -0.150. The van der Waals surface area contributed by atoms with Crippen molar-refractivity contribution in [3.63, 3.8) is 0 Å². The molecule has 1 N–H and O–H groups in total. The van der Waals surface area contributed by atoms with Gasteiger partial charge in [-0.05, 0) is 12.8 Å². The summed E-state index contributed by atoms with van der Waals surface area (Å²) in [6.07, 6.45) is 3.32. The highest BCUT2D eigenvalue weighted by Crippen LogP contribution is 2.30. The molecule has 0 aromatic rings. The predicted molar refractivity (Wildman–Crippen MR) is 58.4 cm³/mol. The molecule has 1 aliphatic rings. The molecule has 1 rings (SSSR count). The van der Waals surface area contributed by atoms with E-state index in [1.165, 1.54) is 14.0 Å². The summed E-state index contributed by atoms with van der Waals surface area (Å²) in [5, 5.41) is 2.69. The van der Waals surface area contributed by atoms with Gasteiger partial charge >= 0.3 is 5.97 Å². The van der Waals surface area contributed by atoms with Crippen molar-refractivity contribution < 1.29 is 14.3 Å². The number of ether oxygens (including phenoxy) is 1. The molecule has 0 heterocycles. The molecule has 0 unspecified atom stereocenters. The van der Waals surface area contributed by atoms with Crippen molar-refractivity contribution in [3.05, 3.63) is 0 Å². The van der Waals surface area contributed by atoms with Gasteiger partial charge in [0.15, 0.2) is 0 Å². The number of nitrogens with one attached hydrogen (secondary N) is 1. The lowest BCUT2D eigenvalue weighted by Gasteiger charge is -2.26. The van der Waals surface area contributed by atoms with Gasteiger partial charge in [-0.3, -0.25) is 4.79 Å². The van der Waals surface area contributed by atoms with Crippen molar-refractivity contribution >= 4 is 11.9 Å². The first-order chi connectivity index (χ1) is 7.10. The summed E-state index contributed by atoms with van der Waals surface area (Å²) in [6.45, 7) is 5.42. The monoisotopic (exact) mass is 215 g/mol. The summed E-state index contributed by atoms with van der Waals surface area (Å²) in [6, 6.07) is 0. The SMILES string of the molecule is CC.COC(=O)C1(NC(C)=O)CCCC1. The highest BCUT2D eigenvalue weighted by atomic mass is 16.5. The third-order valence-corrected chi connectivity index (χ3v) is 2.45. The molecule has 0 spiro atoms. The smallest absolute Gasteiger partial charge is 0.331 e. The van der Waals surface area contributed by atoms with Crippen LogP contribution in [-0.2, 0) is 14.3 Å². The lowest BCUT2D eigenvalue weighted by Crippen LogP contribution is -2.52. The largest absolute Gasteiger partial charge is 0.467 e. The second-order valence-electron chi connectivity index (χ2n) is 3.46. The van der Waals surface area contributed by atoms with Crippen LogP contribution in [0.15, 0.2) is 0 Å². The Morgan fingerprint density at radius 1 is 1.20 bits per heavy atom. The Morgan fingerprint density at radius 3 is 2.00 bits per heavy atom. The fraction of sp³-hybridized carbons (Fsp3) is 0.818. The lowest BCUT2D eigenvalue weighted by atomic mass is 9.98. The Morgan fingerprint density at radius 2 is 1.67 bits per heavy atom. The van der Waals surface area contributed by atoms with Gasteiger partial charge in [-0.15, -0.1) is 0 Å². The van der Waals surface area contributed by atoms with Gasteiger partial charge in [0.05, 0.1) is 7.11 Å². The molecule has 4 nitrogen and oxygen atoms in total. The maximum atomic E-state index is 11.4. The van der Waals surface area contributed by atoms with Crippen LogP contribution < -0.4 is 5.32 Å². The van der Waals surface area contributed by atoms with Crippen molar-refractivity contribution in [1.29, 1.82) is 0 Å². The molecule has 0 radical (unpaired) electrons. The summed E-state index contributed by atoms with van der Waals surface area (Å²) in [5.74, 6) is -0.493. The average molecular weight is 215 g/mol. The molecule has 1 saturated carbocycles. The van der Waals surface area contributed by atoms with Crippen LogP contribution in [0.1, 0.15) is 46.5 Å². The maximum Gasteiger partial charge on any atom is 0.331 e. The van der Waals surface area contributed by atoms with E-state index in [0.29, 0.717) is 12.8 Å². The molecule has 15 heavy (non-hydrogen) atoms. The molecule has 0 aromatic carbocycles. The minimum absolute atomic E-state index is 0.174.